The second-order valence-electron chi connectivity index (χ2n) is 8.24. The summed E-state index contributed by atoms with van der Waals surface area (Å²) in [5, 5.41) is 1.72. The van der Waals surface area contributed by atoms with Gasteiger partial charge in [-0.15, -0.1) is 0 Å². The summed E-state index contributed by atoms with van der Waals surface area (Å²) < 4.78 is 0. The summed E-state index contributed by atoms with van der Waals surface area (Å²) in [5.74, 6) is 0.0293. The van der Waals surface area contributed by atoms with Crippen LogP contribution in [0.25, 0.3) is 0 Å². The molecule has 166 valence electrons. The number of hydrogen-bond donors (Lipinski definition) is 0. The van der Waals surface area contributed by atoms with Gasteiger partial charge >= 0.3 is 0 Å². The Kier molecular flexibility index (Phi) is 6.04. The zero-order chi connectivity index (χ0) is 22.9. The minimum atomic E-state index is 0.0293. The van der Waals surface area contributed by atoms with E-state index in [9.17, 15) is 4.79 Å². The number of anilines is 1. The molecule has 1 fully saturated rings. The van der Waals surface area contributed by atoms with Crippen molar-refractivity contribution in [3.8, 4) is 0 Å². The van der Waals surface area contributed by atoms with Crippen molar-refractivity contribution in [2.24, 2.45) is 4.99 Å². The number of thioether (sulfide) groups is 2. The van der Waals surface area contributed by atoms with Gasteiger partial charge in [-0.3, -0.25) is 9.69 Å². The fourth-order valence-corrected chi connectivity index (χ4v) is 6.40. The third kappa shape index (κ3) is 4.33. The van der Waals surface area contributed by atoms with E-state index in [1.165, 1.54) is 27.8 Å². The molecule has 5 rings (SSSR count). The average molecular weight is 472 g/mol. The van der Waals surface area contributed by atoms with Crippen LogP contribution in [-0.2, 0) is 11.2 Å². The molecule has 0 aliphatic carbocycles. The normalized spacial score (nSPS) is 19.0. The quantitative estimate of drug-likeness (QED) is 0.406. The number of aliphatic imine (C=N–C) groups is 1. The molecule has 4 nitrogen and oxygen atoms in total. The SMILES string of the molecule is Cc1ccc(N=C2S/C(=C3\Sc4ccccc4N3C)C(=O)N2CCc2ccccc2)c(C)c1. The first-order chi connectivity index (χ1) is 16.0. The van der Waals surface area contributed by atoms with E-state index in [0.29, 0.717) is 6.54 Å². The summed E-state index contributed by atoms with van der Waals surface area (Å²) in [4.78, 5) is 24.5. The molecule has 0 bridgehead atoms. The van der Waals surface area contributed by atoms with E-state index in [0.717, 1.165) is 38.5 Å². The first-order valence-corrected chi connectivity index (χ1v) is 12.6. The number of amides is 1. The van der Waals surface area contributed by atoms with Crippen molar-refractivity contribution in [1.29, 1.82) is 0 Å². The molecule has 33 heavy (non-hydrogen) atoms. The van der Waals surface area contributed by atoms with Gasteiger partial charge in [-0.05, 0) is 61.4 Å². The number of benzene rings is 3. The number of rotatable bonds is 4. The molecule has 0 radical (unpaired) electrons. The number of hydrogen-bond acceptors (Lipinski definition) is 5. The summed E-state index contributed by atoms with van der Waals surface area (Å²) in [6, 6.07) is 24.8. The number of nitrogens with zero attached hydrogens (tertiary/aromatic N) is 3. The number of carbonyl (C=O) groups is 1. The van der Waals surface area contributed by atoms with Gasteiger partial charge in [0.2, 0.25) is 0 Å². The molecule has 3 aromatic rings. The molecule has 1 amide bonds. The lowest BCUT2D eigenvalue weighted by molar-refractivity contribution is -0.122. The number of aryl methyl sites for hydroxylation is 2. The zero-order valence-electron chi connectivity index (χ0n) is 18.9. The zero-order valence-corrected chi connectivity index (χ0v) is 20.5. The fraction of sp³-hybridized carbons (Fsp3) is 0.185. The van der Waals surface area contributed by atoms with Crippen molar-refractivity contribution < 1.29 is 4.79 Å². The molecule has 0 atom stereocenters. The Labute approximate surface area is 203 Å². The van der Waals surface area contributed by atoms with Crippen molar-refractivity contribution in [3.63, 3.8) is 0 Å². The van der Waals surface area contributed by atoms with Crippen molar-refractivity contribution in [3.05, 3.63) is 99.4 Å². The van der Waals surface area contributed by atoms with Crippen LogP contribution in [-0.4, -0.2) is 29.6 Å². The number of fused-ring (bicyclic) bond motifs is 1. The molecule has 2 aliphatic rings. The summed E-state index contributed by atoms with van der Waals surface area (Å²) in [6.45, 7) is 4.74. The Balaban J connectivity index is 1.52. The van der Waals surface area contributed by atoms with Crippen LogP contribution in [0, 0.1) is 13.8 Å². The summed E-state index contributed by atoms with van der Waals surface area (Å²) in [5.41, 5.74) is 5.56. The monoisotopic (exact) mass is 471 g/mol. The largest absolute Gasteiger partial charge is 0.337 e. The van der Waals surface area contributed by atoms with Crippen LogP contribution < -0.4 is 4.90 Å². The lowest BCUT2D eigenvalue weighted by Crippen LogP contribution is -2.31. The van der Waals surface area contributed by atoms with E-state index in [1.54, 1.807) is 11.8 Å². The van der Waals surface area contributed by atoms with Crippen LogP contribution in [0.2, 0.25) is 0 Å². The van der Waals surface area contributed by atoms with E-state index in [-0.39, 0.29) is 5.91 Å². The standard InChI is InChI=1S/C27H25N3OS2/c1-18-13-14-21(19(2)17-18)28-27-30(16-15-20-9-5-4-6-10-20)25(31)24(33-27)26-29(3)22-11-7-8-12-23(22)32-26/h4-14,17H,15-16H2,1-3H3/b26-24-,28-27?. The maximum absolute atomic E-state index is 13.7. The molecule has 0 unspecified atom stereocenters. The maximum atomic E-state index is 13.7. The van der Waals surface area contributed by atoms with Crippen molar-refractivity contribution >= 4 is 46.0 Å². The van der Waals surface area contributed by atoms with Crippen LogP contribution in [0.15, 0.2) is 92.6 Å². The molecule has 0 N–H and O–H groups in total. The molecule has 6 heteroatoms. The predicted molar refractivity (Wildman–Crippen MR) is 140 cm³/mol. The van der Waals surface area contributed by atoms with Crippen LogP contribution in [0.4, 0.5) is 11.4 Å². The van der Waals surface area contributed by atoms with Gasteiger partial charge in [0.1, 0.15) is 4.91 Å². The number of amidine groups is 1. The highest BCUT2D eigenvalue weighted by atomic mass is 32.2. The van der Waals surface area contributed by atoms with Gasteiger partial charge in [0.15, 0.2) is 5.17 Å². The van der Waals surface area contributed by atoms with Crippen molar-refractivity contribution in [1.82, 2.24) is 4.90 Å². The van der Waals surface area contributed by atoms with E-state index >= 15 is 0 Å². The molecule has 2 heterocycles. The molecule has 0 saturated carbocycles. The van der Waals surface area contributed by atoms with Gasteiger partial charge in [0.25, 0.3) is 5.91 Å². The van der Waals surface area contributed by atoms with Gasteiger partial charge < -0.3 is 4.90 Å². The van der Waals surface area contributed by atoms with E-state index < -0.39 is 0 Å². The predicted octanol–water partition coefficient (Wildman–Crippen LogP) is 6.52. The Morgan fingerprint density at radius 1 is 0.909 bits per heavy atom. The average Bonchev–Trinajstić information content (AvgIpc) is 3.31. The van der Waals surface area contributed by atoms with E-state index in [2.05, 4.69) is 55.1 Å². The summed E-state index contributed by atoms with van der Waals surface area (Å²) in [6.07, 6.45) is 0.783. The van der Waals surface area contributed by atoms with Crippen LogP contribution in [0.5, 0.6) is 0 Å². The van der Waals surface area contributed by atoms with Gasteiger partial charge in [0.05, 0.1) is 16.4 Å². The third-order valence-corrected chi connectivity index (χ3v) is 8.26. The van der Waals surface area contributed by atoms with Crippen LogP contribution in [0.1, 0.15) is 16.7 Å². The topological polar surface area (TPSA) is 35.9 Å². The summed E-state index contributed by atoms with van der Waals surface area (Å²) in [7, 11) is 2.03. The molecular formula is C27H25N3OS2. The minimum absolute atomic E-state index is 0.0293. The lowest BCUT2D eigenvalue weighted by Gasteiger charge is -2.17. The second kappa shape index (κ2) is 9.12. The van der Waals surface area contributed by atoms with Gasteiger partial charge in [-0.1, -0.05) is 71.9 Å². The Hall–Kier alpha value is -2.96. The first-order valence-electron chi connectivity index (χ1n) is 11.0. The molecule has 3 aromatic carbocycles. The smallest absolute Gasteiger partial charge is 0.269 e. The molecule has 0 aromatic heterocycles. The molecular weight excluding hydrogens is 446 g/mol. The van der Waals surface area contributed by atoms with Gasteiger partial charge in [0, 0.05) is 18.5 Å². The highest BCUT2D eigenvalue weighted by Crippen LogP contribution is 2.50. The van der Waals surface area contributed by atoms with Crippen LogP contribution in [0.3, 0.4) is 0 Å². The van der Waals surface area contributed by atoms with E-state index in [4.69, 9.17) is 4.99 Å². The highest BCUT2D eigenvalue weighted by Gasteiger charge is 2.39. The van der Waals surface area contributed by atoms with Gasteiger partial charge in [-0.25, -0.2) is 4.99 Å². The number of para-hydroxylation sites is 1. The lowest BCUT2D eigenvalue weighted by atomic mass is 10.1. The number of carbonyl (C=O) groups excluding carboxylic acids is 1. The van der Waals surface area contributed by atoms with E-state index in [1.807, 2.05) is 48.3 Å². The highest BCUT2D eigenvalue weighted by molar-refractivity contribution is 8.19. The van der Waals surface area contributed by atoms with Crippen molar-refractivity contribution in [2.45, 2.75) is 25.2 Å². The first kappa shape index (κ1) is 21.9. The van der Waals surface area contributed by atoms with Gasteiger partial charge in [-0.2, -0.15) is 0 Å². The fourth-order valence-electron chi connectivity index (χ4n) is 4.04. The third-order valence-electron chi connectivity index (χ3n) is 5.83. The molecule has 1 saturated heterocycles. The van der Waals surface area contributed by atoms with Crippen molar-refractivity contribution in [2.75, 3.05) is 18.5 Å². The Morgan fingerprint density at radius 2 is 1.67 bits per heavy atom. The second-order valence-corrected chi connectivity index (χ2v) is 10.3. The maximum Gasteiger partial charge on any atom is 0.269 e. The minimum Gasteiger partial charge on any atom is -0.337 e. The Morgan fingerprint density at radius 3 is 2.42 bits per heavy atom. The molecule has 2 aliphatic heterocycles. The molecule has 0 spiro atoms. The summed E-state index contributed by atoms with van der Waals surface area (Å²) >= 11 is 3.14. The Bertz CT molecular complexity index is 1280. The van der Waals surface area contributed by atoms with Crippen LogP contribution >= 0.6 is 23.5 Å².